The average molecular weight is 341 g/mol. The van der Waals surface area contributed by atoms with Crippen LogP contribution in [0.4, 0.5) is 0 Å². The van der Waals surface area contributed by atoms with Crippen molar-refractivity contribution >= 4 is 0 Å². The third-order valence-corrected chi connectivity index (χ3v) is 8.33. The maximum Gasteiger partial charge on any atom is 0.130 e. The van der Waals surface area contributed by atoms with E-state index in [0.717, 1.165) is 51.4 Å². The molecule has 25 heavy (non-hydrogen) atoms. The molecule has 4 aliphatic rings. The zero-order valence-electron chi connectivity index (χ0n) is 15.5. The highest BCUT2D eigenvalue weighted by molar-refractivity contribution is 5.31. The number of rotatable bonds is 2. The van der Waals surface area contributed by atoms with Gasteiger partial charge in [-0.3, -0.25) is 0 Å². The molecule has 0 spiro atoms. The lowest BCUT2D eigenvalue weighted by atomic mass is 9.49. The summed E-state index contributed by atoms with van der Waals surface area (Å²) in [5.74, 6) is 5.10. The molecule has 4 rings (SSSR count). The molecule has 2 N–H and O–H groups in total. The molecule has 0 heterocycles. The molecule has 2 fully saturated rings. The van der Waals surface area contributed by atoms with Crippen molar-refractivity contribution in [1.82, 2.24) is 0 Å². The summed E-state index contributed by atoms with van der Waals surface area (Å²) in [6, 6.07) is 0. The van der Waals surface area contributed by atoms with Gasteiger partial charge in [0.15, 0.2) is 0 Å². The first-order valence-electron chi connectivity index (χ1n) is 10.1. The van der Waals surface area contributed by atoms with E-state index >= 15 is 0 Å². The second kappa shape index (κ2) is 6.00. The van der Waals surface area contributed by atoms with Crippen LogP contribution in [-0.2, 0) is 0 Å². The molecule has 0 bridgehead atoms. The van der Waals surface area contributed by atoms with E-state index in [1.165, 1.54) is 6.42 Å². The molecule has 3 unspecified atom stereocenters. The molecule has 0 amide bonds. The fraction of sp³-hybridized carbons (Fsp3) is 0.739. The maximum atomic E-state index is 11.2. The third kappa shape index (κ3) is 2.39. The van der Waals surface area contributed by atoms with E-state index in [0.29, 0.717) is 23.7 Å². The summed E-state index contributed by atoms with van der Waals surface area (Å²) in [5.41, 5.74) is 2.09. The van der Waals surface area contributed by atoms with E-state index in [9.17, 15) is 10.2 Å². The molecule has 2 nitrogen and oxygen atoms in total. The maximum absolute atomic E-state index is 11.2. The topological polar surface area (TPSA) is 40.5 Å². The lowest BCUT2D eigenvalue weighted by Gasteiger charge is -2.56. The number of allylic oxidation sites excluding steroid dienone is 2. The first kappa shape index (κ1) is 17.4. The number of hydrogen-bond acceptors (Lipinski definition) is 2. The minimum absolute atomic E-state index is 0.139. The van der Waals surface area contributed by atoms with Crippen LogP contribution in [0, 0.1) is 41.4 Å². The van der Waals surface area contributed by atoms with Gasteiger partial charge in [-0.15, -0.1) is 13.0 Å². The first-order valence-corrected chi connectivity index (χ1v) is 10.1. The van der Waals surface area contributed by atoms with E-state index in [-0.39, 0.29) is 11.5 Å². The standard InChI is InChI=1S/C23H32O2/c1-4-6-16-14-22(3)20(11-12-23(22,25)5-2)19-9-7-15-13-17(24)8-10-18(15)21(16)19/h2,4,16-17,19-21,24-25H,1,6-14H2,3H3/t16-,17+,19?,20?,21?,22-,23-/m0/s1. The molecule has 0 aromatic heterocycles. The van der Waals surface area contributed by atoms with Crippen LogP contribution in [0.3, 0.4) is 0 Å². The Hall–Kier alpha value is -1.04. The van der Waals surface area contributed by atoms with Gasteiger partial charge in [0, 0.05) is 5.41 Å². The molecule has 0 aromatic carbocycles. The predicted octanol–water partition coefficient (Wildman–Crippen LogP) is 4.23. The minimum atomic E-state index is -0.945. The predicted molar refractivity (Wildman–Crippen MR) is 101 cm³/mol. The molecule has 2 saturated carbocycles. The zero-order valence-corrected chi connectivity index (χ0v) is 15.5. The summed E-state index contributed by atoms with van der Waals surface area (Å²) < 4.78 is 0. The van der Waals surface area contributed by atoms with Gasteiger partial charge in [-0.2, -0.15) is 0 Å². The van der Waals surface area contributed by atoms with E-state index in [1.54, 1.807) is 11.1 Å². The summed E-state index contributed by atoms with van der Waals surface area (Å²) >= 11 is 0. The van der Waals surface area contributed by atoms with Gasteiger partial charge in [0.05, 0.1) is 6.10 Å². The highest BCUT2D eigenvalue weighted by Gasteiger charge is 2.63. The van der Waals surface area contributed by atoms with Gasteiger partial charge in [0.1, 0.15) is 5.60 Å². The Kier molecular flexibility index (Phi) is 4.17. The SMILES string of the molecule is C#C[C@]1(O)CCC2C3CCC4=C(CC[C@@H](O)C4)C3[C@@H](CC=C)C[C@@]21C. The van der Waals surface area contributed by atoms with Crippen molar-refractivity contribution in [3.63, 3.8) is 0 Å². The molecule has 4 aliphatic carbocycles. The third-order valence-electron chi connectivity index (χ3n) is 8.33. The average Bonchev–Trinajstić information content (AvgIpc) is 2.86. The van der Waals surface area contributed by atoms with Crippen LogP contribution >= 0.6 is 0 Å². The first-order chi connectivity index (χ1) is 11.9. The van der Waals surface area contributed by atoms with E-state index in [2.05, 4.69) is 25.5 Å². The molecule has 0 aliphatic heterocycles. The van der Waals surface area contributed by atoms with Crippen LogP contribution in [0.25, 0.3) is 0 Å². The Morgan fingerprint density at radius 2 is 2.12 bits per heavy atom. The summed E-state index contributed by atoms with van der Waals surface area (Å²) in [7, 11) is 0. The lowest BCUT2D eigenvalue weighted by molar-refractivity contribution is -0.0926. The Morgan fingerprint density at radius 1 is 1.32 bits per heavy atom. The quantitative estimate of drug-likeness (QED) is 0.583. The van der Waals surface area contributed by atoms with Crippen molar-refractivity contribution in [3.8, 4) is 12.3 Å². The second-order valence-electron chi connectivity index (χ2n) is 9.31. The molecular weight excluding hydrogens is 308 g/mol. The largest absolute Gasteiger partial charge is 0.393 e. The van der Waals surface area contributed by atoms with Gasteiger partial charge in [-0.25, -0.2) is 0 Å². The minimum Gasteiger partial charge on any atom is -0.393 e. The Balaban J connectivity index is 1.75. The van der Waals surface area contributed by atoms with Crippen LogP contribution in [0.1, 0.15) is 64.7 Å². The van der Waals surface area contributed by atoms with Crippen LogP contribution in [0.15, 0.2) is 23.8 Å². The normalized spacial score (nSPS) is 49.0. The van der Waals surface area contributed by atoms with Gasteiger partial charge in [0.25, 0.3) is 0 Å². The molecule has 0 radical (unpaired) electrons. The summed E-state index contributed by atoms with van der Waals surface area (Å²) in [6.45, 7) is 6.27. The van der Waals surface area contributed by atoms with Crippen molar-refractivity contribution in [2.45, 2.75) is 76.4 Å². The zero-order chi connectivity index (χ0) is 17.8. The molecule has 136 valence electrons. The smallest absolute Gasteiger partial charge is 0.130 e. The molecule has 2 heteroatoms. The van der Waals surface area contributed by atoms with Gasteiger partial charge < -0.3 is 10.2 Å². The molecule has 7 atom stereocenters. The number of fused-ring (bicyclic) bond motifs is 4. The van der Waals surface area contributed by atoms with E-state index in [1.807, 2.05) is 0 Å². The Bertz CT molecular complexity index is 641. The highest BCUT2D eigenvalue weighted by atomic mass is 16.3. The fourth-order valence-electron chi connectivity index (χ4n) is 7.18. The highest BCUT2D eigenvalue weighted by Crippen LogP contribution is 2.66. The van der Waals surface area contributed by atoms with Crippen LogP contribution < -0.4 is 0 Å². The van der Waals surface area contributed by atoms with Crippen molar-refractivity contribution in [3.05, 3.63) is 23.8 Å². The molecule has 0 aromatic rings. The van der Waals surface area contributed by atoms with Crippen LogP contribution in [0.2, 0.25) is 0 Å². The van der Waals surface area contributed by atoms with Gasteiger partial charge in [0.2, 0.25) is 0 Å². The van der Waals surface area contributed by atoms with Gasteiger partial charge in [-0.1, -0.05) is 30.1 Å². The fourth-order valence-corrected chi connectivity index (χ4v) is 7.18. The molecular formula is C23H32O2. The van der Waals surface area contributed by atoms with E-state index < -0.39 is 5.60 Å². The van der Waals surface area contributed by atoms with Crippen molar-refractivity contribution < 1.29 is 10.2 Å². The Morgan fingerprint density at radius 3 is 2.84 bits per heavy atom. The lowest BCUT2D eigenvalue weighted by Crippen LogP contribution is -2.54. The van der Waals surface area contributed by atoms with E-state index in [4.69, 9.17) is 6.42 Å². The number of terminal acetylenes is 1. The molecule has 0 saturated heterocycles. The van der Waals surface area contributed by atoms with Gasteiger partial charge in [-0.05, 0) is 81.5 Å². The van der Waals surface area contributed by atoms with Crippen LogP contribution in [0.5, 0.6) is 0 Å². The summed E-state index contributed by atoms with van der Waals surface area (Å²) in [4.78, 5) is 0. The Labute approximate surface area is 152 Å². The van der Waals surface area contributed by atoms with Crippen LogP contribution in [-0.4, -0.2) is 21.9 Å². The van der Waals surface area contributed by atoms with Gasteiger partial charge >= 0.3 is 0 Å². The number of aliphatic hydroxyl groups excluding tert-OH is 1. The number of aliphatic hydroxyl groups is 2. The van der Waals surface area contributed by atoms with Crippen molar-refractivity contribution in [2.24, 2.45) is 29.1 Å². The number of hydrogen-bond donors (Lipinski definition) is 2. The van der Waals surface area contributed by atoms with Crippen molar-refractivity contribution in [1.29, 1.82) is 0 Å². The van der Waals surface area contributed by atoms with Crippen molar-refractivity contribution in [2.75, 3.05) is 0 Å². The summed E-state index contributed by atoms with van der Waals surface area (Å²) in [6.07, 6.45) is 16.7. The summed E-state index contributed by atoms with van der Waals surface area (Å²) in [5, 5.41) is 21.3. The monoisotopic (exact) mass is 340 g/mol. The second-order valence-corrected chi connectivity index (χ2v) is 9.31.